The molecule has 7 heteroatoms. The molecule has 1 spiro atoms. The van der Waals surface area contributed by atoms with Crippen molar-refractivity contribution in [2.45, 2.75) is 169 Å². The summed E-state index contributed by atoms with van der Waals surface area (Å²) >= 11 is 0. The maximum atomic E-state index is 12.9. The molecule has 53 heavy (non-hydrogen) atoms. The van der Waals surface area contributed by atoms with Crippen LogP contribution in [0.15, 0.2) is 24.3 Å². The van der Waals surface area contributed by atoms with Crippen molar-refractivity contribution in [1.82, 2.24) is 0 Å². The number of aliphatic hydroxyl groups is 3. The molecule has 13 atom stereocenters. The molecular formula is C46H72O7. The summed E-state index contributed by atoms with van der Waals surface area (Å²) in [7, 11) is 1.72. The lowest BCUT2D eigenvalue weighted by atomic mass is 9.25. The van der Waals surface area contributed by atoms with Crippen molar-refractivity contribution >= 4 is 5.97 Å². The zero-order chi connectivity index (χ0) is 38.3. The highest BCUT2D eigenvalue weighted by atomic mass is 16.6. The fraction of sp³-hybridized carbons (Fsp3) is 0.848. The van der Waals surface area contributed by atoms with E-state index in [-0.39, 0.29) is 47.2 Å². The van der Waals surface area contributed by atoms with E-state index in [1.807, 2.05) is 6.92 Å². The predicted octanol–water partition coefficient (Wildman–Crippen LogP) is 8.74. The molecule has 0 amide bonds. The molecule has 4 N–H and O–H groups in total. The number of unbranched alkanes of at least 4 members (excludes halogenated alkanes) is 3. The van der Waals surface area contributed by atoms with Crippen LogP contribution in [-0.4, -0.2) is 64.7 Å². The van der Waals surface area contributed by atoms with Crippen LogP contribution in [0.1, 0.15) is 149 Å². The van der Waals surface area contributed by atoms with Gasteiger partial charge in [0.25, 0.3) is 0 Å². The highest BCUT2D eigenvalue weighted by Crippen LogP contribution is 2.84. The number of fused-ring (bicyclic) bond motifs is 7. The molecule has 0 aromatic heterocycles. The Balaban J connectivity index is 1.31. The van der Waals surface area contributed by atoms with Crippen LogP contribution in [0, 0.1) is 55.7 Å². The van der Waals surface area contributed by atoms with Gasteiger partial charge in [-0.25, -0.2) is 0 Å². The Bertz CT molecular complexity index is 1510. The number of methoxy groups -OCH3 is 1. The molecule has 7 nitrogen and oxygen atoms in total. The van der Waals surface area contributed by atoms with E-state index in [1.165, 1.54) is 31.2 Å². The zero-order valence-corrected chi connectivity index (χ0v) is 34.1. The lowest BCUT2D eigenvalue weighted by Gasteiger charge is -2.78. The summed E-state index contributed by atoms with van der Waals surface area (Å²) in [6.45, 7) is 14.4. The first kappa shape index (κ1) is 39.7. The van der Waals surface area contributed by atoms with Gasteiger partial charge in [0.15, 0.2) is 5.79 Å². The molecule has 1 aliphatic heterocycles. The third kappa shape index (κ3) is 5.31. The molecule has 1 aromatic carbocycles. The number of ether oxygens (including phenoxy) is 2. The van der Waals surface area contributed by atoms with Crippen molar-refractivity contribution in [1.29, 1.82) is 0 Å². The van der Waals surface area contributed by atoms with E-state index >= 15 is 0 Å². The van der Waals surface area contributed by atoms with E-state index in [0.29, 0.717) is 18.9 Å². The van der Waals surface area contributed by atoms with Crippen molar-refractivity contribution in [3.8, 4) is 0 Å². The molecule has 1 aromatic rings. The molecule has 0 unspecified atom stereocenters. The average Bonchev–Trinajstić information content (AvgIpc) is 3.26. The number of hydrogen-bond donors (Lipinski definition) is 4. The highest BCUT2D eigenvalue weighted by Gasteiger charge is 2.83. The van der Waals surface area contributed by atoms with Crippen molar-refractivity contribution in [3.63, 3.8) is 0 Å². The first-order valence-corrected chi connectivity index (χ1v) is 21.5. The second-order valence-electron chi connectivity index (χ2n) is 20.5. The van der Waals surface area contributed by atoms with Crippen molar-refractivity contribution in [2.24, 2.45) is 55.7 Å². The molecule has 0 radical (unpaired) electrons. The normalized spacial score (nSPS) is 48.7. The van der Waals surface area contributed by atoms with Gasteiger partial charge in [-0.1, -0.05) is 84.6 Å². The minimum Gasteiger partial charge on any atom is -0.481 e. The smallest absolute Gasteiger partial charge is 0.309 e. The summed E-state index contributed by atoms with van der Waals surface area (Å²) in [5.74, 6) is -1.75. The number of carboxylic acid groups (broad SMARTS) is 1. The van der Waals surface area contributed by atoms with Gasteiger partial charge in [0.2, 0.25) is 0 Å². The molecule has 2 bridgehead atoms. The zero-order valence-electron chi connectivity index (χ0n) is 34.1. The molecule has 7 rings (SSSR count). The first-order valence-electron chi connectivity index (χ1n) is 21.5. The Kier molecular flexibility index (Phi) is 10.2. The molecule has 6 aliphatic rings. The Morgan fingerprint density at radius 1 is 0.887 bits per heavy atom. The second kappa shape index (κ2) is 13.6. The monoisotopic (exact) mass is 737 g/mol. The van der Waals surface area contributed by atoms with Crippen LogP contribution >= 0.6 is 0 Å². The van der Waals surface area contributed by atoms with Gasteiger partial charge in [0.1, 0.15) is 0 Å². The number of rotatable bonds is 12. The van der Waals surface area contributed by atoms with Crippen LogP contribution in [0.4, 0.5) is 0 Å². The molecule has 5 aliphatic carbocycles. The van der Waals surface area contributed by atoms with Crippen LogP contribution < -0.4 is 0 Å². The molecule has 6 fully saturated rings. The Morgan fingerprint density at radius 3 is 2.23 bits per heavy atom. The number of aliphatic hydroxyl groups excluding tert-OH is 2. The Morgan fingerprint density at radius 2 is 1.57 bits per heavy atom. The Labute approximate surface area is 320 Å². The summed E-state index contributed by atoms with van der Waals surface area (Å²) in [5.41, 5.74) is -0.150. The first-order chi connectivity index (χ1) is 25.0. The predicted molar refractivity (Wildman–Crippen MR) is 207 cm³/mol. The van der Waals surface area contributed by atoms with E-state index in [4.69, 9.17) is 9.47 Å². The maximum absolute atomic E-state index is 12.9. The standard InChI is InChI=1S/C46H72O7/c1-8-9-10-11-18-43-25-24-42(6)34(41(43,5)23-22-39(3)20-21-40(4,38(49)50)28-35(39)43)16-19-44-31(2)46(51,29-36(48)45(42,44)30-47)53-37(44)27-33-14-12-32(13-15-33)17-26-52-7/h12-15,31,34-37,47-48,51H,8-11,16-30H2,1-7H3,(H,49,50)/t31-,34-,35-,36-,37+,39-,40-,41-,42-,43+,44-,45+,46+/m1/s1. The summed E-state index contributed by atoms with van der Waals surface area (Å²) in [5, 5.41) is 47.6. The van der Waals surface area contributed by atoms with E-state index in [9.17, 15) is 25.2 Å². The minimum atomic E-state index is -1.44. The SMILES string of the molecule is CCCCCC[C@@]12CC[C@]3(C)[C@H](CC[C@@]45[C@H](Cc6ccc(CCOC)cc6)O[C@@](O)(C[C@@H](O)[C@]43CO)[C@@H]5C)[C@@]1(C)CC[C@@]1(C)CC[C@@](C)(C(=O)O)C[C@H]12. The van der Waals surface area contributed by atoms with E-state index in [1.54, 1.807) is 7.11 Å². The summed E-state index contributed by atoms with van der Waals surface area (Å²) in [6.07, 6.45) is 14.6. The highest BCUT2D eigenvalue weighted by molar-refractivity contribution is 5.74. The topological polar surface area (TPSA) is 116 Å². The van der Waals surface area contributed by atoms with E-state index in [0.717, 1.165) is 76.2 Å². The third-order valence-corrected chi connectivity index (χ3v) is 18.8. The quantitative estimate of drug-likeness (QED) is 0.159. The van der Waals surface area contributed by atoms with Gasteiger partial charge in [-0.3, -0.25) is 4.79 Å². The number of aliphatic carboxylic acids is 1. The fourth-order valence-electron chi connectivity index (χ4n) is 15.7. The molecule has 5 saturated carbocycles. The fourth-order valence-corrected chi connectivity index (χ4v) is 15.7. The Hall–Kier alpha value is -1.51. The van der Waals surface area contributed by atoms with E-state index in [2.05, 4.69) is 58.9 Å². The van der Waals surface area contributed by atoms with Gasteiger partial charge in [-0.2, -0.15) is 0 Å². The molecule has 1 saturated heterocycles. The number of carboxylic acids is 1. The number of benzene rings is 1. The van der Waals surface area contributed by atoms with Gasteiger partial charge >= 0.3 is 5.97 Å². The minimum absolute atomic E-state index is 0.00168. The lowest BCUT2D eigenvalue weighted by molar-refractivity contribution is -0.336. The van der Waals surface area contributed by atoms with Crippen LogP contribution in [0.3, 0.4) is 0 Å². The van der Waals surface area contributed by atoms with Gasteiger partial charge in [-0.15, -0.1) is 0 Å². The maximum Gasteiger partial charge on any atom is 0.309 e. The molecular weight excluding hydrogens is 664 g/mol. The largest absolute Gasteiger partial charge is 0.481 e. The average molecular weight is 737 g/mol. The third-order valence-electron chi connectivity index (χ3n) is 18.8. The van der Waals surface area contributed by atoms with E-state index < -0.39 is 39.5 Å². The summed E-state index contributed by atoms with van der Waals surface area (Å²) in [6, 6.07) is 8.68. The van der Waals surface area contributed by atoms with Gasteiger partial charge in [0.05, 0.1) is 30.8 Å². The van der Waals surface area contributed by atoms with Crippen LogP contribution in [0.5, 0.6) is 0 Å². The van der Waals surface area contributed by atoms with Crippen LogP contribution in [-0.2, 0) is 27.1 Å². The van der Waals surface area contributed by atoms with Gasteiger partial charge in [-0.05, 0) is 129 Å². The number of hydrogen-bond acceptors (Lipinski definition) is 6. The van der Waals surface area contributed by atoms with Gasteiger partial charge < -0.3 is 29.9 Å². The number of carbonyl (C=O) groups is 1. The molecule has 298 valence electrons. The summed E-state index contributed by atoms with van der Waals surface area (Å²) in [4.78, 5) is 12.9. The summed E-state index contributed by atoms with van der Waals surface area (Å²) < 4.78 is 12.1. The lowest BCUT2D eigenvalue weighted by Crippen LogP contribution is -2.77. The van der Waals surface area contributed by atoms with Crippen LogP contribution in [0.2, 0.25) is 0 Å². The molecule has 1 heterocycles. The van der Waals surface area contributed by atoms with Crippen LogP contribution in [0.25, 0.3) is 0 Å². The van der Waals surface area contributed by atoms with Crippen molar-refractivity contribution in [3.05, 3.63) is 35.4 Å². The van der Waals surface area contributed by atoms with Gasteiger partial charge in [0, 0.05) is 30.3 Å². The van der Waals surface area contributed by atoms with Crippen molar-refractivity contribution < 1.29 is 34.7 Å². The second-order valence-corrected chi connectivity index (χ2v) is 20.5. The van der Waals surface area contributed by atoms with Crippen molar-refractivity contribution in [2.75, 3.05) is 20.3 Å².